The predicted molar refractivity (Wildman–Crippen MR) is 298 cm³/mol. The standard InChI is InChI=1S/C60H118NO8P/c1-6-8-10-12-13-14-15-16-17-18-19-20-21-22-23-24-25-26-27-28-29-30-31-32-33-34-35-36-37-38-39-40-41-42-43-44-45-46-47-49-51-53-60(63)69-58(56-66-59(62)52-50-48-11-9-7-2)57-68-70(64,65)67-55-54-61(3,4)5/h18-19,58H,6-17,20-57H2,1-5H3/p+1/b19-18-. The van der Waals surface area contributed by atoms with E-state index in [1.807, 2.05) is 21.1 Å². The Bertz CT molecular complexity index is 1190. The molecule has 0 saturated heterocycles. The number of ether oxygens (including phenoxy) is 2. The third-order valence-corrected chi connectivity index (χ3v) is 14.8. The van der Waals surface area contributed by atoms with Gasteiger partial charge in [0.25, 0.3) is 0 Å². The molecule has 0 fully saturated rings. The average molecular weight is 1010 g/mol. The summed E-state index contributed by atoms with van der Waals surface area (Å²) < 4.78 is 34.2. The van der Waals surface area contributed by atoms with Crippen molar-refractivity contribution >= 4 is 19.8 Å². The van der Waals surface area contributed by atoms with Crippen LogP contribution in [0.25, 0.3) is 0 Å². The first-order valence-corrected chi connectivity index (χ1v) is 31.9. The van der Waals surface area contributed by atoms with Crippen molar-refractivity contribution in [3.05, 3.63) is 12.2 Å². The summed E-state index contributed by atoms with van der Waals surface area (Å²) in [7, 11) is 1.49. The molecule has 10 heteroatoms. The monoisotopic (exact) mass is 1010 g/mol. The number of hydrogen-bond donors (Lipinski definition) is 1. The van der Waals surface area contributed by atoms with Gasteiger partial charge in [-0.05, 0) is 38.5 Å². The van der Waals surface area contributed by atoms with Gasteiger partial charge in [0.15, 0.2) is 6.10 Å². The first-order chi connectivity index (χ1) is 34.0. The number of phosphoric ester groups is 1. The molecule has 0 amide bonds. The first-order valence-electron chi connectivity index (χ1n) is 30.4. The highest BCUT2D eigenvalue weighted by molar-refractivity contribution is 7.47. The summed E-state index contributed by atoms with van der Waals surface area (Å²) in [6.45, 7) is 4.37. The lowest BCUT2D eigenvalue weighted by atomic mass is 10.0. The molecule has 2 unspecified atom stereocenters. The molecule has 0 spiro atoms. The number of phosphoric acid groups is 1. The van der Waals surface area contributed by atoms with Crippen molar-refractivity contribution in [1.29, 1.82) is 0 Å². The minimum atomic E-state index is -4.36. The van der Waals surface area contributed by atoms with Crippen LogP contribution < -0.4 is 0 Å². The lowest BCUT2D eigenvalue weighted by molar-refractivity contribution is -0.870. The summed E-state index contributed by atoms with van der Waals surface area (Å²) in [4.78, 5) is 35.2. The van der Waals surface area contributed by atoms with Crippen LogP contribution in [0, 0.1) is 0 Å². The maximum Gasteiger partial charge on any atom is 0.472 e. The molecule has 416 valence electrons. The van der Waals surface area contributed by atoms with Crippen LogP contribution in [0.3, 0.4) is 0 Å². The van der Waals surface area contributed by atoms with Gasteiger partial charge in [-0.2, -0.15) is 0 Å². The summed E-state index contributed by atoms with van der Waals surface area (Å²) in [5, 5.41) is 0. The Hall–Kier alpha value is -1.25. The molecule has 0 radical (unpaired) electrons. The van der Waals surface area contributed by atoms with Crippen LogP contribution in [-0.2, 0) is 32.7 Å². The summed E-state index contributed by atoms with van der Waals surface area (Å²) >= 11 is 0. The number of quaternary nitrogens is 1. The summed E-state index contributed by atoms with van der Waals surface area (Å²) in [5.74, 6) is -0.797. The fourth-order valence-corrected chi connectivity index (χ4v) is 9.81. The molecule has 0 aliphatic rings. The second-order valence-corrected chi connectivity index (χ2v) is 23.6. The molecular weight excluding hydrogens is 894 g/mol. The zero-order valence-corrected chi connectivity index (χ0v) is 48.2. The topological polar surface area (TPSA) is 108 Å². The van der Waals surface area contributed by atoms with Crippen molar-refractivity contribution in [2.75, 3.05) is 47.5 Å². The largest absolute Gasteiger partial charge is 0.472 e. The molecule has 1 N–H and O–H groups in total. The maximum absolute atomic E-state index is 12.7. The molecule has 70 heavy (non-hydrogen) atoms. The second-order valence-electron chi connectivity index (χ2n) is 22.1. The molecule has 0 bridgehead atoms. The number of esters is 2. The molecule has 9 nitrogen and oxygen atoms in total. The molecule has 0 aromatic heterocycles. The third-order valence-electron chi connectivity index (χ3n) is 13.8. The first kappa shape index (κ1) is 68.8. The highest BCUT2D eigenvalue weighted by atomic mass is 31.2. The predicted octanol–water partition coefficient (Wildman–Crippen LogP) is 18.8. The van der Waals surface area contributed by atoms with E-state index in [1.54, 1.807) is 0 Å². The van der Waals surface area contributed by atoms with Gasteiger partial charge in [0.2, 0.25) is 0 Å². The quantitative estimate of drug-likeness (QED) is 0.0211. The number of unbranched alkanes of at least 4 members (excludes halogenated alkanes) is 41. The summed E-state index contributed by atoms with van der Waals surface area (Å²) in [6, 6.07) is 0. The minimum Gasteiger partial charge on any atom is -0.462 e. The molecule has 0 aromatic carbocycles. The smallest absolute Gasteiger partial charge is 0.462 e. The van der Waals surface area contributed by atoms with Gasteiger partial charge in [0.1, 0.15) is 19.8 Å². The second kappa shape index (κ2) is 52.6. The van der Waals surface area contributed by atoms with Gasteiger partial charge in [0, 0.05) is 12.8 Å². The molecule has 0 aliphatic carbocycles. The Morgan fingerprint density at radius 2 is 0.729 bits per heavy atom. The molecule has 0 aromatic rings. The molecule has 0 rings (SSSR count). The van der Waals surface area contributed by atoms with Crippen molar-refractivity contribution in [1.82, 2.24) is 0 Å². The molecule has 0 heterocycles. The van der Waals surface area contributed by atoms with E-state index in [2.05, 4.69) is 26.0 Å². The SMILES string of the molecule is CCCCCCCCCC/C=C\CCCCCCCCCCCCCCCCCCCCCCCCCCCCCCCC(=O)OC(COC(=O)CCCCCCC)COP(=O)(O)OCC[N+](C)(C)C. The van der Waals surface area contributed by atoms with E-state index in [0.29, 0.717) is 11.0 Å². The molecular formula is C60H119NO8P+. The van der Waals surface area contributed by atoms with Crippen LogP contribution >= 0.6 is 7.82 Å². The highest BCUT2D eigenvalue weighted by Gasteiger charge is 2.27. The van der Waals surface area contributed by atoms with Gasteiger partial charge in [0.05, 0.1) is 27.7 Å². The Kier molecular flexibility index (Phi) is 51.7. The highest BCUT2D eigenvalue weighted by Crippen LogP contribution is 2.43. The zero-order chi connectivity index (χ0) is 51.3. The van der Waals surface area contributed by atoms with Gasteiger partial charge in [-0.15, -0.1) is 0 Å². The average Bonchev–Trinajstić information content (AvgIpc) is 3.32. The molecule has 0 saturated carbocycles. The van der Waals surface area contributed by atoms with Crippen molar-refractivity contribution in [2.24, 2.45) is 0 Å². The van der Waals surface area contributed by atoms with Crippen molar-refractivity contribution < 1.29 is 42.1 Å². The number of nitrogens with zero attached hydrogens (tertiary/aromatic N) is 1. The van der Waals surface area contributed by atoms with Crippen LogP contribution in [0.15, 0.2) is 12.2 Å². The third kappa shape index (κ3) is 56.1. The number of carbonyl (C=O) groups is 2. The van der Waals surface area contributed by atoms with Crippen LogP contribution in [0.1, 0.15) is 309 Å². The van der Waals surface area contributed by atoms with E-state index >= 15 is 0 Å². The lowest BCUT2D eigenvalue weighted by Gasteiger charge is -2.24. The number of allylic oxidation sites excluding steroid dienone is 2. The normalized spacial score (nSPS) is 13.3. The van der Waals surface area contributed by atoms with E-state index in [4.69, 9.17) is 18.5 Å². The Morgan fingerprint density at radius 1 is 0.429 bits per heavy atom. The van der Waals surface area contributed by atoms with E-state index in [-0.39, 0.29) is 32.0 Å². The van der Waals surface area contributed by atoms with Crippen LogP contribution in [0.4, 0.5) is 0 Å². The maximum atomic E-state index is 12.7. The molecule has 0 aliphatic heterocycles. The lowest BCUT2D eigenvalue weighted by Crippen LogP contribution is -2.37. The van der Waals surface area contributed by atoms with E-state index < -0.39 is 26.5 Å². The number of carbonyl (C=O) groups excluding carboxylic acids is 2. The van der Waals surface area contributed by atoms with Crippen LogP contribution in [-0.4, -0.2) is 74.9 Å². The van der Waals surface area contributed by atoms with Gasteiger partial charge < -0.3 is 18.9 Å². The minimum absolute atomic E-state index is 0.0357. The van der Waals surface area contributed by atoms with Gasteiger partial charge >= 0.3 is 19.8 Å². The summed E-state index contributed by atoms with van der Waals surface area (Å²) in [5.41, 5.74) is 0. The summed E-state index contributed by atoms with van der Waals surface area (Å²) in [6.07, 6.45) is 62.5. The number of likely N-dealkylation sites (N-methyl/N-ethyl adjacent to an activating group) is 1. The van der Waals surface area contributed by atoms with Crippen molar-refractivity contribution in [3.8, 4) is 0 Å². The van der Waals surface area contributed by atoms with Gasteiger partial charge in [-0.3, -0.25) is 18.6 Å². The van der Waals surface area contributed by atoms with Crippen molar-refractivity contribution in [3.63, 3.8) is 0 Å². The molecule has 2 atom stereocenters. The van der Waals surface area contributed by atoms with Crippen LogP contribution in [0.2, 0.25) is 0 Å². The van der Waals surface area contributed by atoms with E-state index in [1.165, 1.54) is 231 Å². The van der Waals surface area contributed by atoms with Gasteiger partial charge in [-0.25, -0.2) is 4.57 Å². The number of hydrogen-bond acceptors (Lipinski definition) is 7. The zero-order valence-electron chi connectivity index (χ0n) is 47.3. The number of rotatable bonds is 57. The van der Waals surface area contributed by atoms with Crippen LogP contribution in [0.5, 0.6) is 0 Å². The van der Waals surface area contributed by atoms with E-state index in [0.717, 1.165) is 51.4 Å². The van der Waals surface area contributed by atoms with Gasteiger partial charge in [-0.1, -0.05) is 270 Å². The van der Waals surface area contributed by atoms with Crippen molar-refractivity contribution in [2.45, 2.75) is 315 Å². The Morgan fingerprint density at radius 3 is 1.06 bits per heavy atom. The Balaban J connectivity index is 3.65. The van der Waals surface area contributed by atoms with E-state index in [9.17, 15) is 19.0 Å². The Labute approximate surface area is 435 Å². The fourth-order valence-electron chi connectivity index (χ4n) is 9.07. The fraction of sp³-hybridized carbons (Fsp3) is 0.933.